The van der Waals surface area contributed by atoms with Gasteiger partial charge >= 0.3 is 0 Å². The SMILES string of the molecule is CCNC(c1cncc(F)c1)C1CCC(CC)CC1. The van der Waals surface area contributed by atoms with Gasteiger partial charge in [0.2, 0.25) is 0 Å². The zero-order valence-corrected chi connectivity index (χ0v) is 12.0. The molecule has 1 atom stereocenters. The molecule has 3 heteroatoms. The van der Waals surface area contributed by atoms with Crippen LogP contribution in [0.1, 0.15) is 57.6 Å². The number of pyridine rings is 1. The van der Waals surface area contributed by atoms with E-state index in [2.05, 4.69) is 24.1 Å². The normalized spacial score (nSPS) is 25.2. The largest absolute Gasteiger partial charge is 0.310 e. The summed E-state index contributed by atoms with van der Waals surface area (Å²) in [5.74, 6) is 1.28. The summed E-state index contributed by atoms with van der Waals surface area (Å²) in [6.45, 7) is 5.30. The van der Waals surface area contributed by atoms with E-state index in [4.69, 9.17) is 0 Å². The first-order chi connectivity index (χ1) is 9.24. The molecule has 2 rings (SSSR count). The number of nitrogens with one attached hydrogen (secondary N) is 1. The summed E-state index contributed by atoms with van der Waals surface area (Å²) < 4.78 is 13.4. The lowest BCUT2D eigenvalue weighted by molar-refractivity contribution is 0.219. The molecule has 1 heterocycles. The van der Waals surface area contributed by atoms with E-state index in [0.29, 0.717) is 5.92 Å². The van der Waals surface area contributed by atoms with Gasteiger partial charge in [0.25, 0.3) is 0 Å². The average Bonchev–Trinajstić information content (AvgIpc) is 2.45. The Kier molecular flexibility index (Phi) is 5.32. The zero-order chi connectivity index (χ0) is 13.7. The van der Waals surface area contributed by atoms with Gasteiger partial charge in [-0.2, -0.15) is 0 Å². The minimum atomic E-state index is -0.234. The molecule has 1 aromatic heterocycles. The van der Waals surface area contributed by atoms with Gasteiger partial charge in [0.15, 0.2) is 0 Å². The van der Waals surface area contributed by atoms with Gasteiger partial charge in [0, 0.05) is 12.2 Å². The molecule has 1 aliphatic rings. The van der Waals surface area contributed by atoms with Crippen molar-refractivity contribution >= 4 is 0 Å². The molecule has 106 valence electrons. The predicted octanol–water partition coefficient (Wildman–Crippen LogP) is 4.09. The van der Waals surface area contributed by atoms with Crippen LogP contribution in [0, 0.1) is 17.7 Å². The summed E-state index contributed by atoms with van der Waals surface area (Å²) in [4.78, 5) is 4.00. The van der Waals surface area contributed by atoms with Crippen LogP contribution in [-0.2, 0) is 0 Å². The van der Waals surface area contributed by atoms with Gasteiger partial charge in [-0.3, -0.25) is 4.98 Å². The Morgan fingerprint density at radius 1 is 1.26 bits per heavy atom. The Morgan fingerprint density at radius 3 is 2.58 bits per heavy atom. The molecule has 19 heavy (non-hydrogen) atoms. The molecule has 1 N–H and O–H groups in total. The third kappa shape index (κ3) is 3.75. The quantitative estimate of drug-likeness (QED) is 0.866. The number of nitrogens with zero attached hydrogens (tertiary/aromatic N) is 1. The topological polar surface area (TPSA) is 24.9 Å². The number of rotatable bonds is 5. The second-order valence-corrected chi connectivity index (χ2v) is 5.66. The molecule has 2 nitrogen and oxygen atoms in total. The first-order valence-corrected chi connectivity index (χ1v) is 7.58. The molecular formula is C16H25FN2. The van der Waals surface area contributed by atoms with E-state index in [-0.39, 0.29) is 11.9 Å². The van der Waals surface area contributed by atoms with Crippen molar-refractivity contribution in [3.05, 3.63) is 29.8 Å². The van der Waals surface area contributed by atoms with E-state index in [1.807, 2.05) is 6.20 Å². The van der Waals surface area contributed by atoms with Crippen molar-refractivity contribution in [2.45, 2.75) is 52.0 Å². The van der Waals surface area contributed by atoms with E-state index in [9.17, 15) is 4.39 Å². The molecule has 0 radical (unpaired) electrons. The van der Waals surface area contributed by atoms with Crippen molar-refractivity contribution in [3.63, 3.8) is 0 Å². The zero-order valence-electron chi connectivity index (χ0n) is 12.0. The molecule has 0 aromatic carbocycles. The number of aromatic nitrogens is 1. The van der Waals surface area contributed by atoms with Gasteiger partial charge in [0.1, 0.15) is 5.82 Å². The second kappa shape index (κ2) is 6.99. The lowest BCUT2D eigenvalue weighted by atomic mass is 9.76. The molecule has 0 aliphatic heterocycles. The molecule has 0 amide bonds. The molecule has 1 aromatic rings. The fraction of sp³-hybridized carbons (Fsp3) is 0.688. The van der Waals surface area contributed by atoms with Crippen LogP contribution in [0.5, 0.6) is 0 Å². The third-order valence-corrected chi connectivity index (χ3v) is 4.45. The van der Waals surface area contributed by atoms with Crippen molar-refractivity contribution in [2.75, 3.05) is 6.54 Å². The minimum absolute atomic E-state index is 0.234. The number of hydrogen-bond donors (Lipinski definition) is 1. The fourth-order valence-electron chi connectivity index (χ4n) is 3.30. The van der Waals surface area contributed by atoms with Crippen LogP contribution >= 0.6 is 0 Å². The molecule has 0 spiro atoms. The summed E-state index contributed by atoms with van der Waals surface area (Å²) >= 11 is 0. The van der Waals surface area contributed by atoms with Crippen molar-refractivity contribution in [2.24, 2.45) is 11.8 Å². The number of halogens is 1. The van der Waals surface area contributed by atoms with Gasteiger partial charge in [-0.05, 0) is 42.9 Å². The van der Waals surface area contributed by atoms with E-state index in [1.165, 1.54) is 38.3 Å². The van der Waals surface area contributed by atoms with Crippen LogP contribution in [0.15, 0.2) is 18.5 Å². The summed E-state index contributed by atoms with van der Waals surface area (Å²) in [5, 5.41) is 3.52. The Balaban J connectivity index is 2.08. The highest BCUT2D eigenvalue weighted by molar-refractivity contribution is 5.16. The maximum Gasteiger partial charge on any atom is 0.141 e. The lowest BCUT2D eigenvalue weighted by Gasteiger charge is -2.34. The Labute approximate surface area is 115 Å². The molecular weight excluding hydrogens is 239 g/mol. The maximum absolute atomic E-state index is 13.4. The second-order valence-electron chi connectivity index (χ2n) is 5.66. The Morgan fingerprint density at radius 2 is 2.00 bits per heavy atom. The molecule has 1 fully saturated rings. The molecule has 1 saturated carbocycles. The van der Waals surface area contributed by atoms with Crippen molar-refractivity contribution in [1.29, 1.82) is 0 Å². The van der Waals surface area contributed by atoms with Gasteiger partial charge in [0.05, 0.1) is 6.20 Å². The summed E-state index contributed by atoms with van der Waals surface area (Å²) in [6.07, 6.45) is 9.49. The van der Waals surface area contributed by atoms with Gasteiger partial charge in [-0.1, -0.05) is 33.1 Å². The Bertz CT molecular complexity index is 386. The molecule has 1 unspecified atom stereocenters. The van der Waals surface area contributed by atoms with Gasteiger partial charge in [-0.15, -0.1) is 0 Å². The first kappa shape index (κ1) is 14.4. The minimum Gasteiger partial charge on any atom is -0.310 e. The monoisotopic (exact) mass is 264 g/mol. The smallest absolute Gasteiger partial charge is 0.141 e. The highest BCUT2D eigenvalue weighted by atomic mass is 19.1. The van der Waals surface area contributed by atoms with Crippen LogP contribution in [0.3, 0.4) is 0 Å². The van der Waals surface area contributed by atoms with Crippen molar-refractivity contribution in [3.8, 4) is 0 Å². The van der Waals surface area contributed by atoms with E-state index >= 15 is 0 Å². The van der Waals surface area contributed by atoms with Crippen LogP contribution in [0.4, 0.5) is 4.39 Å². The molecule has 0 saturated heterocycles. The molecule has 0 bridgehead atoms. The Hall–Kier alpha value is -0.960. The summed E-state index contributed by atoms with van der Waals surface area (Å²) in [7, 11) is 0. The van der Waals surface area contributed by atoms with Gasteiger partial charge < -0.3 is 5.32 Å². The highest BCUT2D eigenvalue weighted by Crippen LogP contribution is 2.37. The third-order valence-electron chi connectivity index (χ3n) is 4.45. The predicted molar refractivity (Wildman–Crippen MR) is 76.4 cm³/mol. The van der Waals surface area contributed by atoms with Crippen LogP contribution in [0.2, 0.25) is 0 Å². The van der Waals surface area contributed by atoms with E-state index in [1.54, 1.807) is 6.07 Å². The van der Waals surface area contributed by atoms with Crippen LogP contribution in [0.25, 0.3) is 0 Å². The van der Waals surface area contributed by atoms with Crippen molar-refractivity contribution in [1.82, 2.24) is 10.3 Å². The first-order valence-electron chi connectivity index (χ1n) is 7.58. The maximum atomic E-state index is 13.4. The van der Waals surface area contributed by atoms with E-state index in [0.717, 1.165) is 18.0 Å². The summed E-state index contributed by atoms with van der Waals surface area (Å²) in [6, 6.07) is 1.89. The fourth-order valence-corrected chi connectivity index (χ4v) is 3.30. The summed E-state index contributed by atoms with van der Waals surface area (Å²) in [5.41, 5.74) is 1.00. The van der Waals surface area contributed by atoms with Crippen LogP contribution in [-0.4, -0.2) is 11.5 Å². The van der Waals surface area contributed by atoms with Crippen LogP contribution < -0.4 is 5.32 Å². The average molecular weight is 264 g/mol. The number of hydrogen-bond acceptors (Lipinski definition) is 2. The highest BCUT2D eigenvalue weighted by Gasteiger charge is 2.27. The van der Waals surface area contributed by atoms with E-state index < -0.39 is 0 Å². The molecule has 1 aliphatic carbocycles. The lowest BCUT2D eigenvalue weighted by Crippen LogP contribution is -2.31. The standard InChI is InChI=1S/C16H25FN2/c1-3-12-5-7-13(8-6-12)16(19-4-2)14-9-15(17)11-18-10-14/h9-13,16,19H,3-8H2,1-2H3. The van der Waals surface area contributed by atoms with Gasteiger partial charge in [-0.25, -0.2) is 4.39 Å². The van der Waals surface area contributed by atoms with Crippen molar-refractivity contribution < 1.29 is 4.39 Å².